The molecule has 0 aromatic carbocycles. The van der Waals surface area contributed by atoms with Crippen LogP contribution in [-0.4, -0.2) is 54.4 Å². The predicted molar refractivity (Wildman–Crippen MR) is 81.6 cm³/mol. The molecule has 0 aliphatic carbocycles. The minimum absolute atomic E-state index is 0.0443. The summed E-state index contributed by atoms with van der Waals surface area (Å²) in [5.74, 6) is 0.596. The summed E-state index contributed by atoms with van der Waals surface area (Å²) in [6.07, 6.45) is 0. The van der Waals surface area contributed by atoms with Crippen LogP contribution >= 0.6 is 0 Å². The molecule has 8 heteroatoms. The van der Waals surface area contributed by atoms with Crippen molar-refractivity contribution in [1.29, 1.82) is 0 Å². The van der Waals surface area contributed by atoms with Crippen LogP contribution in [0.5, 0.6) is 0 Å². The molecule has 8 nitrogen and oxygen atoms in total. The smallest absolute Gasteiger partial charge is 0.311 e. The maximum Gasteiger partial charge on any atom is 0.311 e. The van der Waals surface area contributed by atoms with Crippen molar-refractivity contribution >= 4 is 23.2 Å². The highest BCUT2D eigenvalue weighted by Gasteiger charge is 2.22. The van der Waals surface area contributed by atoms with Crippen LogP contribution in [0, 0.1) is 10.1 Å². The van der Waals surface area contributed by atoms with Crippen LogP contribution in [0.25, 0.3) is 0 Å². The predicted octanol–water partition coefficient (Wildman–Crippen LogP) is 1.34. The van der Waals surface area contributed by atoms with Gasteiger partial charge in [0.1, 0.15) is 5.82 Å². The van der Waals surface area contributed by atoms with Crippen LogP contribution in [0.3, 0.4) is 0 Å². The maximum absolute atomic E-state index is 12.1. The summed E-state index contributed by atoms with van der Waals surface area (Å²) in [5, 5.41) is 13.9. The maximum atomic E-state index is 12.1. The average molecular weight is 295 g/mol. The van der Waals surface area contributed by atoms with Crippen molar-refractivity contribution < 1.29 is 9.72 Å². The van der Waals surface area contributed by atoms with Gasteiger partial charge < -0.3 is 15.1 Å². The Morgan fingerprint density at radius 2 is 2.00 bits per heavy atom. The molecule has 0 bridgehead atoms. The number of nitrogens with one attached hydrogen (secondary N) is 1. The zero-order valence-corrected chi connectivity index (χ0v) is 12.8. The third kappa shape index (κ3) is 4.04. The number of anilines is 2. The number of hydrogen-bond donors (Lipinski definition) is 1. The third-order valence-corrected chi connectivity index (χ3v) is 3.16. The van der Waals surface area contributed by atoms with Gasteiger partial charge in [-0.3, -0.25) is 14.9 Å². The van der Waals surface area contributed by atoms with E-state index in [1.165, 1.54) is 17.0 Å². The lowest BCUT2D eigenvalue weighted by molar-refractivity contribution is -0.384. The van der Waals surface area contributed by atoms with Gasteiger partial charge in [-0.15, -0.1) is 0 Å². The summed E-state index contributed by atoms with van der Waals surface area (Å²) in [7, 11) is 3.30. The summed E-state index contributed by atoms with van der Waals surface area (Å²) in [6, 6.07) is 2.91. The molecule has 1 N–H and O–H groups in total. The second kappa shape index (κ2) is 7.41. The van der Waals surface area contributed by atoms with Crippen LogP contribution < -0.4 is 10.2 Å². The lowest BCUT2D eigenvalue weighted by Gasteiger charge is -2.23. The molecule has 116 valence electrons. The highest BCUT2D eigenvalue weighted by atomic mass is 16.6. The van der Waals surface area contributed by atoms with Crippen LogP contribution in [0.15, 0.2) is 12.1 Å². The van der Waals surface area contributed by atoms with Gasteiger partial charge >= 0.3 is 5.69 Å². The Bertz CT molecular complexity index is 517. The Hall–Kier alpha value is -2.38. The number of nitro groups is 1. The molecule has 1 heterocycles. The van der Waals surface area contributed by atoms with Gasteiger partial charge in [0.25, 0.3) is 0 Å². The SMILES string of the molecule is CCN(CC)C(=O)CN(C)c1nc(NC)ccc1[N+](=O)[O-]. The van der Waals surface area contributed by atoms with E-state index in [0.29, 0.717) is 18.9 Å². The number of amides is 1. The first-order chi connectivity index (χ1) is 9.94. The van der Waals surface area contributed by atoms with Gasteiger partial charge in [0.05, 0.1) is 11.5 Å². The van der Waals surface area contributed by atoms with E-state index in [4.69, 9.17) is 0 Å². The molecule has 1 aromatic heterocycles. The van der Waals surface area contributed by atoms with Crippen LogP contribution in [0.2, 0.25) is 0 Å². The molecular weight excluding hydrogens is 274 g/mol. The fourth-order valence-corrected chi connectivity index (χ4v) is 1.96. The first-order valence-corrected chi connectivity index (χ1v) is 6.76. The number of pyridine rings is 1. The van der Waals surface area contributed by atoms with E-state index in [0.717, 1.165) is 0 Å². The van der Waals surface area contributed by atoms with Crippen LogP contribution in [0.1, 0.15) is 13.8 Å². The van der Waals surface area contributed by atoms with Gasteiger partial charge in [-0.1, -0.05) is 0 Å². The van der Waals surface area contributed by atoms with E-state index in [-0.39, 0.29) is 24.0 Å². The summed E-state index contributed by atoms with van der Waals surface area (Å²) >= 11 is 0. The van der Waals surface area contributed by atoms with E-state index >= 15 is 0 Å². The standard InChI is InChI=1S/C13H21N5O3/c1-5-17(6-2)12(19)9-16(4)13-10(18(20)21)7-8-11(14-3)15-13/h7-8H,5-6,9H2,1-4H3,(H,14,15). The normalized spacial score (nSPS) is 10.1. The van der Waals surface area contributed by atoms with Gasteiger partial charge in [-0.2, -0.15) is 0 Å². The summed E-state index contributed by atoms with van der Waals surface area (Å²) in [4.78, 5) is 30.0. The minimum atomic E-state index is -0.500. The van der Waals surface area contributed by atoms with Crippen molar-refractivity contribution in [3.05, 3.63) is 22.2 Å². The number of hydrogen-bond acceptors (Lipinski definition) is 6. The Balaban J connectivity index is 3.02. The highest BCUT2D eigenvalue weighted by Crippen LogP contribution is 2.26. The molecule has 21 heavy (non-hydrogen) atoms. The largest absolute Gasteiger partial charge is 0.373 e. The summed E-state index contributed by atoms with van der Waals surface area (Å²) in [5.41, 5.74) is -0.121. The van der Waals surface area contributed by atoms with E-state index < -0.39 is 4.92 Å². The van der Waals surface area contributed by atoms with Crippen molar-refractivity contribution in [2.24, 2.45) is 0 Å². The fraction of sp³-hybridized carbons (Fsp3) is 0.538. The van der Waals surface area contributed by atoms with Crippen LogP contribution in [-0.2, 0) is 4.79 Å². The van der Waals surface area contributed by atoms with Crippen molar-refractivity contribution in [3.63, 3.8) is 0 Å². The molecule has 0 saturated carbocycles. The van der Waals surface area contributed by atoms with Gasteiger partial charge in [0.2, 0.25) is 11.7 Å². The van der Waals surface area contributed by atoms with Crippen molar-refractivity contribution in [1.82, 2.24) is 9.88 Å². The Morgan fingerprint density at radius 1 is 1.38 bits per heavy atom. The molecule has 0 radical (unpaired) electrons. The second-order valence-electron chi connectivity index (χ2n) is 4.47. The van der Waals surface area contributed by atoms with E-state index in [1.807, 2.05) is 13.8 Å². The zero-order valence-electron chi connectivity index (χ0n) is 12.8. The first-order valence-electron chi connectivity index (χ1n) is 6.76. The molecule has 0 atom stereocenters. The number of aromatic nitrogens is 1. The van der Waals surface area contributed by atoms with Gasteiger partial charge in [0.15, 0.2) is 0 Å². The molecule has 0 aliphatic rings. The molecule has 0 spiro atoms. The molecule has 0 fully saturated rings. The van der Waals surface area contributed by atoms with Crippen LogP contribution in [0.4, 0.5) is 17.3 Å². The summed E-state index contributed by atoms with van der Waals surface area (Å²) in [6.45, 7) is 5.04. The molecule has 1 rings (SSSR count). The minimum Gasteiger partial charge on any atom is -0.373 e. The second-order valence-corrected chi connectivity index (χ2v) is 4.47. The van der Waals surface area contributed by atoms with Crippen molar-refractivity contribution in [3.8, 4) is 0 Å². The number of carbonyl (C=O) groups is 1. The third-order valence-electron chi connectivity index (χ3n) is 3.16. The van der Waals surface area contributed by atoms with E-state index in [1.54, 1.807) is 19.0 Å². The van der Waals surface area contributed by atoms with Gasteiger partial charge in [0, 0.05) is 33.3 Å². The molecule has 1 amide bonds. The lowest BCUT2D eigenvalue weighted by Crippen LogP contribution is -2.39. The molecule has 0 unspecified atom stereocenters. The topological polar surface area (TPSA) is 91.6 Å². The number of likely N-dealkylation sites (N-methyl/N-ethyl adjacent to an activating group) is 2. The zero-order chi connectivity index (χ0) is 16.0. The quantitative estimate of drug-likeness (QED) is 0.603. The van der Waals surface area contributed by atoms with Crippen molar-refractivity contribution in [2.45, 2.75) is 13.8 Å². The Labute approximate surface area is 123 Å². The lowest BCUT2D eigenvalue weighted by atomic mass is 10.3. The highest BCUT2D eigenvalue weighted by molar-refractivity contribution is 5.82. The first kappa shape index (κ1) is 16.7. The van der Waals surface area contributed by atoms with Gasteiger partial charge in [-0.25, -0.2) is 4.98 Å². The monoisotopic (exact) mass is 295 g/mol. The molecular formula is C13H21N5O3. The Morgan fingerprint density at radius 3 is 2.48 bits per heavy atom. The molecule has 0 aliphatic heterocycles. The molecule has 1 aromatic rings. The molecule has 0 saturated heterocycles. The average Bonchev–Trinajstić information content (AvgIpc) is 2.47. The number of nitrogens with zero attached hydrogens (tertiary/aromatic N) is 4. The fourth-order valence-electron chi connectivity index (χ4n) is 1.96. The number of rotatable bonds is 7. The van der Waals surface area contributed by atoms with E-state index in [9.17, 15) is 14.9 Å². The van der Waals surface area contributed by atoms with Crippen molar-refractivity contribution in [2.75, 3.05) is 43.9 Å². The Kier molecular flexibility index (Phi) is 5.89. The number of carbonyl (C=O) groups excluding carboxylic acids is 1. The van der Waals surface area contributed by atoms with E-state index in [2.05, 4.69) is 10.3 Å². The van der Waals surface area contributed by atoms with Gasteiger partial charge in [-0.05, 0) is 19.9 Å². The summed E-state index contributed by atoms with van der Waals surface area (Å²) < 4.78 is 0.